The highest BCUT2D eigenvalue weighted by atomic mass is 19.1. The van der Waals surface area contributed by atoms with E-state index in [2.05, 4.69) is 68.8 Å². The molecule has 0 aliphatic heterocycles. The van der Waals surface area contributed by atoms with Crippen molar-refractivity contribution in [1.82, 2.24) is 10.7 Å². The van der Waals surface area contributed by atoms with E-state index in [1.54, 1.807) is 13.8 Å². The van der Waals surface area contributed by atoms with E-state index in [1.165, 1.54) is 51.4 Å². The number of nitrogens with zero attached hydrogens (tertiary/aromatic N) is 2. The van der Waals surface area contributed by atoms with Gasteiger partial charge in [-0.15, -0.1) is 6.58 Å². The quantitative estimate of drug-likeness (QED) is 0.0614. The number of hydrogen-bond acceptors (Lipinski definition) is 5. The Morgan fingerprint density at radius 1 is 1.04 bits per heavy atom. The number of rotatable bonds is 14. The third-order valence-electron chi connectivity index (χ3n) is 5.67. The number of hydrazone groups is 1. The Labute approximate surface area is 278 Å². The highest BCUT2D eigenvalue weighted by Crippen LogP contribution is 2.13. The van der Waals surface area contributed by atoms with Gasteiger partial charge >= 0.3 is 5.97 Å². The normalized spacial score (nSPS) is 12.6. The first-order valence-electron chi connectivity index (χ1n) is 16.0. The number of amides is 1. The Kier molecular flexibility index (Phi) is 36.2. The second kappa shape index (κ2) is 34.0. The number of halogens is 2. The number of carbonyl (C=O) groups is 2. The van der Waals surface area contributed by atoms with Crippen LogP contribution in [0.3, 0.4) is 0 Å². The number of carboxylic acid groups (broad SMARTS) is 1. The maximum absolute atomic E-state index is 13.2. The molecule has 0 radical (unpaired) electrons. The summed E-state index contributed by atoms with van der Waals surface area (Å²) >= 11 is 0. The predicted octanol–water partition coefficient (Wildman–Crippen LogP) is 9.93. The molecule has 0 aromatic heterocycles. The smallest absolute Gasteiger partial charge is 0.303 e. The van der Waals surface area contributed by atoms with Gasteiger partial charge in [-0.1, -0.05) is 97.7 Å². The third-order valence-corrected chi connectivity index (χ3v) is 5.67. The molecule has 1 amide bonds. The zero-order chi connectivity index (χ0) is 36.5. The van der Waals surface area contributed by atoms with Gasteiger partial charge < -0.3 is 10.4 Å². The lowest BCUT2D eigenvalue weighted by atomic mass is 10.0. The number of carbonyl (C=O) groups excluding carboxylic acids is 1. The minimum Gasteiger partial charge on any atom is -0.481 e. The maximum atomic E-state index is 13.2. The van der Waals surface area contributed by atoms with Crippen LogP contribution in [-0.2, 0) is 16.0 Å². The van der Waals surface area contributed by atoms with E-state index in [1.807, 2.05) is 44.2 Å². The van der Waals surface area contributed by atoms with Gasteiger partial charge in [-0.25, -0.2) is 8.78 Å². The number of aliphatic carboxylic acids is 1. The lowest BCUT2D eigenvalue weighted by Gasteiger charge is -2.18. The number of allylic oxidation sites excluding steroid dienone is 4. The summed E-state index contributed by atoms with van der Waals surface area (Å²) in [6.45, 7) is 27.6. The Morgan fingerprint density at radius 3 is 1.93 bits per heavy atom. The molecule has 1 unspecified atom stereocenters. The molecular weight excluding hydrogens is 586 g/mol. The number of hydrogen-bond donors (Lipinski definition) is 3. The van der Waals surface area contributed by atoms with Crippen LogP contribution in [0.5, 0.6) is 0 Å². The van der Waals surface area contributed by atoms with Crippen molar-refractivity contribution in [1.29, 1.82) is 0 Å². The number of carboxylic acids is 1. The molecule has 0 heterocycles. The SMILES string of the molecule is C=CC(C)F.C=N/C=C(/C=N\N/C=C(C)/C(C)=C(/C)F)C(=O)N[C@@H](CCC(=O)O)Cc1ccccc1.CC.CCC.CCC(C)C. The summed E-state index contributed by atoms with van der Waals surface area (Å²) in [4.78, 5) is 27.3. The number of benzene rings is 1. The molecule has 0 bridgehead atoms. The Balaban J connectivity index is -0.000000490. The van der Waals surface area contributed by atoms with Gasteiger partial charge in [-0.05, 0) is 69.9 Å². The Morgan fingerprint density at radius 2 is 1.54 bits per heavy atom. The van der Waals surface area contributed by atoms with E-state index in [0.717, 1.165) is 11.5 Å². The van der Waals surface area contributed by atoms with Gasteiger partial charge in [0.1, 0.15) is 12.0 Å². The average molecular weight is 649 g/mol. The second-order valence-electron chi connectivity index (χ2n) is 10.4. The summed E-state index contributed by atoms with van der Waals surface area (Å²) in [5.74, 6) is -0.798. The van der Waals surface area contributed by atoms with Crippen LogP contribution < -0.4 is 10.7 Å². The first-order chi connectivity index (χ1) is 21.7. The van der Waals surface area contributed by atoms with Crippen LogP contribution in [0.1, 0.15) is 107 Å². The van der Waals surface area contributed by atoms with E-state index >= 15 is 0 Å². The van der Waals surface area contributed by atoms with Crippen LogP contribution in [0.25, 0.3) is 0 Å². The predicted molar refractivity (Wildman–Crippen MR) is 195 cm³/mol. The zero-order valence-corrected chi connectivity index (χ0v) is 30.3. The van der Waals surface area contributed by atoms with Crippen LogP contribution in [0.2, 0.25) is 0 Å². The summed E-state index contributed by atoms with van der Waals surface area (Å²) in [5, 5.41) is 15.8. The number of aliphatic imine (C=N–C) groups is 1. The number of nitrogens with one attached hydrogen (secondary N) is 2. The van der Waals surface area contributed by atoms with Crippen LogP contribution in [0.4, 0.5) is 8.78 Å². The van der Waals surface area contributed by atoms with Gasteiger partial charge in [-0.3, -0.25) is 20.0 Å². The molecule has 0 saturated heterocycles. The van der Waals surface area contributed by atoms with Gasteiger partial charge in [-0.2, -0.15) is 5.10 Å². The maximum Gasteiger partial charge on any atom is 0.303 e. The van der Waals surface area contributed by atoms with E-state index in [-0.39, 0.29) is 30.3 Å². The van der Waals surface area contributed by atoms with Crippen LogP contribution in [0, 0.1) is 5.92 Å². The molecule has 1 aromatic carbocycles. The van der Waals surface area contributed by atoms with Gasteiger partial charge in [0.05, 0.1) is 11.8 Å². The molecule has 0 aliphatic rings. The molecule has 0 fully saturated rings. The van der Waals surface area contributed by atoms with Gasteiger partial charge in [0.2, 0.25) is 0 Å². The molecule has 0 saturated carbocycles. The van der Waals surface area contributed by atoms with Gasteiger partial charge in [0.25, 0.3) is 5.91 Å². The zero-order valence-electron chi connectivity index (χ0n) is 30.3. The highest BCUT2D eigenvalue weighted by Gasteiger charge is 2.17. The van der Waals surface area contributed by atoms with E-state index < -0.39 is 18.0 Å². The monoisotopic (exact) mass is 648 g/mol. The highest BCUT2D eigenvalue weighted by molar-refractivity contribution is 6.12. The fraction of sp³-hybridized carbons (Fsp3) is 0.514. The molecule has 262 valence electrons. The summed E-state index contributed by atoms with van der Waals surface area (Å²) in [6, 6.07) is 9.09. The molecule has 46 heavy (non-hydrogen) atoms. The second-order valence-corrected chi connectivity index (χ2v) is 10.4. The topological polar surface area (TPSA) is 103 Å². The minimum absolute atomic E-state index is 0.0723. The van der Waals surface area contributed by atoms with Crippen molar-refractivity contribution >= 4 is 24.8 Å². The standard InChI is InChI=1S/C23H29FN4O3.C5H12.C4H7F.C3H8.C2H6/c1-16(17(2)18(3)24)13-26-27-15-20(14-25-4)23(31)28-21(10-11-22(29)30)12-19-8-6-5-7-9-19;1-4-5(2)3;1-3-4(2)5;1-3-2;1-2/h5-9,13-15,21,26H,4,10-12H2,1-3H3,(H,28,31)(H,29,30);5H,4H2,1-3H3;3-4H,1H2,2H3;3H2,1-2H3;1-2H3/b16-13+,18-17-,20-14-,27-15-;;;;/t21-;;;;/m0..../s1. The number of alkyl halides is 1. The van der Waals surface area contributed by atoms with Gasteiger partial charge in [0, 0.05) is 24.9 Å². The first kappa shape index (κ1) is 49.0. The van der Waals surface area contributed by atoms with Gasteiger partial charge in [0.15, 0.2) is 0 Å². The van der Waals surface area contributed by atoms with E-state index in [0.29, 0.717) is 17.6 Å². The largest absolute Gasteiger partial charge is 0.481 e. The van der Waals surface area contributed by atoms with Crippen molar-refractivity contribution < 1.29 is 23.5 Å². The first-order valence-corrected chi connectivity index (χ1v) is 16.0. The lowest BCUT2D eigenvalue weighted by Crippen LogP contribution is -2.38. The van der Waals surface area contributed by atoms with Crippen molar-refractivity contribution in [2.75, 3.05) is 0 Å². The van der Waals surface area contributed by atoms with E-state index in [9.17, 15) is 18.4 Å². The lowest BCUT2D eigenvalue weighted by molar-refractivity contribution is -0.137. The van der Waals surface area contributed by atoms with Crippen molar-refractivity contribution in [3.63, 3.8) is 0 Å². The summed E-state index contributed by atoms with van der Waals surface area (Å²) in [5.41, 5.74) is 4.91. The van der Waals surface area contributed by atoms with Crippen LogP contribution in [-0.4, -0.2) is 42.1 Å². The minimum atomic E-state index is -0.934. The van der Waals surface area contributed by atoms with E-state index in [4.69, 9.17) is 5.11 Å². The molecule has 9 heteroatoms. The summed E-state index contributed by atoms with van der Waals surface area (Å²) in [6.07, 6.45) is 7.68. The fourth-order valence-electron chi connectivity index (χ4n) is 2.56. The molecule has 0 aliphatic carbocycles. The molecule has 1 aromatic rings. The summed E-state index contributed by atoms with van der Waals surface area (Å²) < 4.78 is 24.5. The average Bonchev–Trinajstić information content (AvgIpc) is 3.03. The molecule has 1 rings (SSSR count). The van der Waals surface area contributed by atoms with Crippen molar-refractivity contribution in [3.8, 4) is 0 Å². The Hall–Kier alpha value is -3.88. The van der Waals surface area contributed by atoms with Crippen LogP contribution >= 0.6 is 0 Å². The van der Waals surface area contributed by atoms with Crippen molar-refractivity contribution in [2.45, 2.75) is 120 Å². The molecule has 0 spiro atoms. The van der Waals surface area contributed by atoms with Crippen molar-refractivity contribution in [3.05, 3.63) is 83.5 Å². The molecule has 2 atom stereocenters. The molecular formula is C37H62F2N4O3. The molecule has 3 N–H and O–H groups in total. The summed E-state index contributed by atoms with van der Waals surface area (Å²) in [7, 11) is 0. The van der Waals surface area contributed by atoms with Crippen molar-refractivity contribution in [2.24, 2.45) is 16.0 Å². The van der Waals surface area contributed by atoms with Crippen LogP contribution in [0.15, 0.2) is 88.0 Å². The third kappa shape index (κ3) is 33.0. The fourth-order valence-corrected chi connectivity index (χ4v) is 2.56. The molecule has 7 nitrogen and oxygen atoms in total. The Bertz CT molecular complexity index is 1060.